The van der Waals surface area contributed by atoms with Crippen LogP contribution in [0.2, 0.25) is 0 Å². The molecule has 1 heterocycles. The minimum Gasteiger partial charge on any atom is -0.480 e. The van der Waals surface area contributed by atoms with E-state index < -0.39 is 5.97 Å². The van der Waals surface area contributed by atoms with Gasteiger partial charge in [-0.05, 0) is 26.0 Å². The minimum absolute atomic E-state index is 0.314. The van der Waals surface area contributed by atoms with Crippen LogP contribution in [-0.4, -0.2) is 44.8 Å². The first-order valence-corrected chi connectivity index (χ1v) is 6.65. The number of aromatic nitrogens is 2. The highest BCUT2D eigenvalue weighted by Gasteiger charge is 2.21. The summed E-state index contributed by atoms with van der Waals surface area (Å²) in [6, 6.07) is 9.47. The van der Waals surface area contributed by atoms with E-state index in [9.17, 15) is 9.59 Å². The molecule has 110 valence electrons. The Morgan fingerprint density at radius 3 is 2.52 bits per heavy atom. The zero-order chi connectivity index (χ0) is 15.4. The lowest BCUT2D eigenvalue weighted by molar-refractivity contribution is -0.137. The Morgan fingerprint density at radius 2 is 1.95 bits per heavy atom. The molecule has 0 bridgehead atoms. The molecule has 21 heavy (non-hydrogen) atoms. The SMILES string of the molecule is CCN(CC(=O)O)C(=O)c1cnn(-c2ccccc2)c1C. The Morgan fingerprint density at radius 1 is 1.29 bits per heavy atom. The summed E-state index contributed by atoms with van der Waals surface area (Å²) >= 11 is 0. The zero-order valence-corrected chi connectivity index (χ0v) is 12.0. The van der Waals surface area contributed by atoms with Gasteiger partial charge in [0.05, 0.1) is 23.1 Å². The largest absolute Gasteiger partial charge is 0.480 e. The van der Waals surface area contributed by atoms with Gasteiger partial charge in [-0.15, -0.1) is 0 Å². The van der Waals surface area contributed by atoms with Gasteiger partial charge in [0.15, 0.2) is 0 Å². The van der Waals surface area contributed by atoms with Gasteiger partial charge in [0.25, 0.3) is 5.91 Å². The third-order valence-electron chi connectivity index (χ3n) is 3.24. The molecule has 0 saturated heterocycles. The molecular formula is C15H17N3O3. The van der Waals surface area contributed by atoms with Gasteiger partial charge in [-0.1, -0.05) is 18.2 Å². The lowest BCUT2D eigenvalue weighted by atomic mass is 10.2. The molecule has 2 rings (SSSR count). The van der Waals surface area contributed by atoms with Crippen LogP contribution < -0.4 is 0 Å². The molecule has 0 saturated carbocycles. The predicted octanol–water partition coefficient (Wildman–Crippen LogP) is 1.73. The van der Waals surface area contributed by atoms with Gasteiger partial charge in [0, 0.05) is 6.54 Å². The molecule has 6 heteroatoms. The fraction of sp³-hybridized carbons (Fsp3) is 0.267. The van der Waals surface area contributed by atoms with E-state index in [1.165, 1.54) is 11.1 Å². The number of hydrogen-bond acceptors (Lipinski definition) is 3. The van der Waals surface area contributed by atoms with Crippen LogP contribution in [0.15, 0.2) is 36.5 Å². The molecule has 0 radical (unpaired) electrons. The van der Waals surface area contributed by atoms with Gasteiger partial charge in [0.2, 0.25) is 0 Å². The van der Waals surface area contributed by atoms with E-state index in [1.54, 1.807) is 18.5 Å². The number of amides is 1. The van der Waals surface area contributed by atoms with Crippen LogP contribution in [0.4, 0.5) is 0 Å². The molecule has 6 nitrogen and oxygen atoms in total. The van der Waals surface area contributed by atoms with Crippen molar-refractivity contribution >= 4 is 11.9 Å². The molecular weight excluding hydrogens is 270 g/mol. The lowest BCUT2D eigenvalue weighted by Crippen LogP contribution is -2.35. The molecule has 1 N–H and O–H groups in total. The normalized spacial score (nSPS) is 10.4. The number of carbonyl (C=O) groups excluding carboxylic acids is 1. The fourth-order valence-electron chi connectivity index (χ4n) is 2.11. The van der Waals surface area contributed by atoms with Crippen LogP contribution in [0, 0.1) is 6.92 Å². The molecule has 1 aromatic carbocycles. The van der Waals surface area contributed by atoms with Crippen molar-refractivity contribution in [3.05, 3.63) is 47.8 Å². The quantitative estimate of drug-likeness (QED) is 0.908. The van der Waals surface area contributed by atoms with Crippen LogP contribution in [0.5, 0.6) is 0 Å². The summed E-state index contributed by atoms with van der Waals surface area (Å²) in [7, 11) is 0. The van der Waals surface area contributed by atoms with E-state index in [0.717, 1.165) is 5.69 Å². The maximum absolute atomic E-state index is 12.4. The summed E-state index contributed by atoms with van der Waals surface area (Å²) in [5, 5.41) is 13.1. The van der Waals surface area contributed by atoms with E-state index in [-0.39, 0.29) is 12.5 Å². The van der Waals surface area contributed by atoms with Gasteiger partial charge < -0.3 is 10.0 Å². The average molecular weight is 287 g/mol. The number of hydrogen-bond donors (Lipinski definition) is 1. The number of nitrogens with zero attached hydrogens (tertiary/aromatic N) is 3. The molecule has 1 amide bonds. The molecule has 0 spiro atoms. The molecule has 0 aliphatic carbocycles. The maximum atomic E-state index is 12.4. The first-order valence-electron chi connectivity index (χ1n) is 6.65. The lowest BCUT2D eigenvalue weighted by Gasteiger charge is -2.18. The Kier molecular flexibility index (Phi) is 4.37. The van der Waals surface area contributed by atoms with Crippen molar-refractivity contribution in [1.29, 1.82) is 0 Å². The Bertz CT molecular complexity index is 649. The van der Waals surface area contributed by atoms with Crippen LogP contribution in [0.3, 0.4) is 0 Å². The number of para-hydroxylation sites is 1. The smallest absolute Gasteiger partial charge is 0.323 e. The standard InChI is InChI=1S/C15H17N3O3/c1-3-17(10-14(19)20)15(21)13-9-16-18(11(13)2)12-7-5-4-6-8-12/h4-9H,3,10H2,1-2H3,(H,19,20). The van der Waals surface area contributed by atoms with Crippen molar-refractivity contribution in [1.82, 2.24) is 14.7 Å². The fourth-order valence-corrected chi connectivity index (χ4v) is 2.11. The highest BCUT2D eigenvalue weighted by atomic mass is 16.4. The molecule has 0 unspecified atom stereocenters. The van der Waals surface area contributed by atoms with E-state index in [1.807, 2.05) is 30.3 Å². The summed E-state index contributed by atoms with van der Waals surface area (Å²) in [6.45, 7) is 3.56. The number of likely N-dealkylation sites (N-methyl/N-ethyl adjacent to an activating group) is 1. The number of carboxylic acids is 1. The topological polar surface area (TPSA) is 75.4 Å². The van der Waals surface area contributed by atoms with Gasteiger partial charge in [0.1, 0.15) is 6.54 Å². The molecule has 0 aliphatic heterocycles. The highest BCUT2D eigenvalue weighted by Crippen LogP contribution is 2.15. The Labute approximate surface area is 122 Å². The van der Waals surface area contributed by atoms with Crippen LogP contribution in [0.1, 0.15) is 23.0 Å². The van der Waals surface area contributed by atoms with Crippen molar-refractivity contribution in [2.24, 2.45) is 0 Å². The molecule has 1 aromatic heterocycles. The Hall–Kier alpha value is -2.63. The molecule has 0 aliphatic rings. The van der Waals surface area contributed by atoms with E-state index in [0.29, 0.717) is 17.8 Å². The van der Waals surface area contributed by atoms with Crippen molar-refractivity contribution in [2.45, 2.75) is 13.8 Å². The number of carbonyl (C=O) groups is 2. The number of aliphatic carboxylic acids is 1. The minimum atomic E-state index is -1.03. The third kappa shape index (κ3) is 3.10. The van der Waals surface area contributed by atoms with Crippen molar-refractivity contribution in [2.75, 3.05) is 13.1 Å². The first kappa shape index (κ1) is 14.8. The summed E-state index contributed by atoms with van der Waals surface area (Å²) < 4.78 is 1.67. The maximum Gasteiger partial charge on any atom is 0.323 e. The first-order chi connectivity index (χ1) is 10.0. The average Bonchev–Trinajstić information content (AvgIpc) is 2.86. The van der Waals surface area contributed by atoms with E-state index in [4.69, 9.17) is 5.11 Å². The van der Waals surface area contributed by atoms with Crippen molar-refractivity contribution in [3.63, 3.8) is 0 Å². The van der Waals surface area contributed by atoms with E-state index in [2.05, 4.69) is 5.10 Å². The summed E-state index contributed by atoms with van der Waals surface area (Å²) in [6.07, 6.45) is 1.48. The van der Waals surface area contributed by atoms with Crippen LogP contribution >= 0.6 is 0 Å². The molecule has 2 aromatic rings. The summed E-state index contributed by atoms with van der Waals surface area (Å²) in [4.78, 5) is 24.5. The Balaban J connectivity index is 2.31. The van der Waals surface area contributed by atoms with E-state index >= 15 is 0 Å². The van der Waals surface area contributed by atoms with Crippen LogP contribution in [0.25, 0.3) is 5.69 Å². The predicted molar refractivity (Wildman–Crippen MR) is 77.5 cm³/mol. The second-order valence-corrected chi connectivity index (χ2v) is 4.60. The van der Waals surface area contributed by atoms with Crippen molar-refractivity contribution < 1.29 is 14.7 Å². The van der Waals surface area contributed by atoms with Crippen molar-refractivity contribution in [3.8, 4) is 5.69 Å². The van der Waals surface area contributed by atoms with Gasteiger partial charge >= 0.3 is 5.97 Å². The molecule has 0 fully saturated rings. The summed E-state index contributed by atoms with van der Waals surface area (Å²) in [5.74, 6) is -1.35. The number of carboxylic acid groups (broad SMARTS) is 1. The zero-order valence-electron chi connectivity index (χ0n) is 12.0. The monoisotopic (exact) mass is 287 g/mol. The highest BCUT2D eigenvalue weighted by molar-refractivity contribution is 5.96. The number of benzene rings is 1. The summed E-state index contributed by atoms with van der Waals surface area (Å²) in [5.41, 5.74) is 1.97. The van der Waals surface area contributed by atoms with Gasteiger partial charge in [-0.2, -0.15) is 5.10 Å². The number of rotatable bonds is 5. The van der Waals surface area contributed by atoms with Crippen LogP contribution in [-0.2, 0) is 4.79 Å². The molecule has 0 atom stereocenters. The van der Waals surface area contributed by atoms with Gasteiger partial charge in [-0.25, -0.2) is 4.68 Å². The third-order valence-corrected chi connectivity index (χ3v) is 3.24. The second-order valence-electron chi connectivity index (χ2n) is 4.60. The van der Waals surface area contributed by atoms with Gasteiger partial charge in [-0.3, -0.25) is 9.59 Å². The second kappa shape index (κ2) is 6.21.